The van der Waals surface area contributed by atoms with Gasteiger partial charge in [-0.3, -0.25) is 4.90 Å². The van der Waals surface area contributed by atoms with Crippen LogP contribution in [0.25, 0.3) is 0 Å². The second-order valence-electron chi connectivity index (χ2n) is 8.82. The van der Waals surface area contributed by atoms with E-state index in [1.54, 1.807) is 14.2 Å². The molecule has 33 heavy (non-hydrogen) atoms. The van der Waals surface area contributed by atoms with Crippen LogP contribution < -0.4 is 14.4 Å². The number of rotatable bonds is 7. The molecule has 3 aromatic rings. The first-order valence-electron chi connectivity index (χ1n) is 11.8. The lowest BCUT2D eigenvalue weighted by atomic mass is 10.0. The molecule has 0 radical (unpaired) electrons. The molecule has 2 fully saturated rings. The van der Waals surface area contributed by atoms with E-state index < -0.39 is 0 Å². The zero-order valence-corrected chi connectivity index (χ0v) is 19.4. The van der Waals surface area contributed by atoms with Crippen LogP contribution >= 0.6 is 0 Å². The first kappa shape index (κ1) is 21.7. The molecule has 174 valence electrons. The molecule has 8 nitrogen and oxygen atoms in total. The minimum absolute atomic E-state index is 0.0129. The molecule has 1 saturated carbocycles. The SMILES string of the molecule is COc1ccc([C@@H](c2nnnn2C2CCCC2)N2CCN(c3cccc(OC)c3)CC2)cc1. The zero-order valence-electron chi connectivity index (χ0n) is 19.4. The van der Waals surface area contributed by atoms with Crippen molar-refractivity contribution in [1.29, 1.82) is 0 Å². The molecular weight excluding hydrogens is 416 g/mol. The van der Waals surface area contributed by atoms with Crippen LogP contribution in [0.5, 0.6) is 11.5 Å². The van der Waals surface area contributed by atoms with Gasteiger partial charge in [-0.15, -0.1) is 5.10 Å². The fourth-order valence-electron chi connectivity index (χ4n) is 5.14. The van der Waals surface area contributed by atoms with Crippen molar-refractivity contribution >= 4 is 5.69 Å². The topological polar surface area (TPSA) is 68.5 Å². The Bertz CT molecular complexity index is 1040. The van der Waals surface area contributed by atoms with E-state index in [0.29, 0.717) is 6.04 Å². The number of benzene rings is 2. The Morgan fingerprint density at radius 2 is 1.61 bits per heavy atom. The maximum absolute atomic E-state index is 5.42. The van der Waals surface area contributed by atoms with Gasteiger partial charge in [0.2, 0.25) is 0 Å². The molecule has 1 atom stereocenters. The highest BCUT2D eigenvalue weighted by molar-refractivity contribution is 5.51. The molecule has 0 spiro atoms. The van der Waals surface area contributed by atoms with Gasteiger partial charge in [-0.2, -0.15) is 0 Å². The summed E-state index contributed by atoms with van der Waals surface area (Å²) in [6, 6.07) is 17.1. The summed E-state index contributed by atoms with van der Waals surface area (Å²) in [5.41, 5.74) is 2.39. The largest absolute Gasteiger partial charge is 0.497 e. The van der Waals surface area contributed by atoms with Crippen molar-refractivity contribution in [2.75, 3.05) is 45.3 Å². The van der Waals surface area contributed by atoms with Crippen molar-refractivity contribution in [2.24, 2.45) is 0 Å². The van der Waals surface area contributed by atoms with Crippen LogP contribution in [0.15, 0.2) is 48.5 Å². The number of nitrogens with zero attached hydrogens (tertiary/aromatic N) is 6. The molecule has 8 heteroatoms. The van der Waals surface area contributed by atoms with Gasteiger partial charge >= 0.3 is 0 Å². The molecule has 2 aliphatic rings. The lowest BCUT2D eigenvalue weighted by molar-refractivity contribution is 0.197. The fraction of sp³-hybridized carbons (Fsp3) is 0.480. The summed E-state index contributed by atoms with van der Waals surface area (Å²) >= 11 is 0. The summed E-state index contributed by atoms with van der Waals surface area (Å²) < 4.78 is 12.9. The average molecular weight is 449 g/mol. The number of piperazine rings is 1. The van der Waals surface area contributed by atoms with Gasteiger partial charge in [0.15, 0.2) is 5.82 Å². The molecule has 2 aromatic carbocycles. The Morgan fingerprint density at radius 3 is 2.30 bits per heavy atom. The lowest BCUT2D eigenvalue weighted by Crippen LogP contribution is -2.48. The van der Waals surface area contributed by atoms with Crippen molar-refractivity contribution in [3.63, 3.8) is 0 Å². The molecule has 2 heterocycles. The standard InChI is InChI=1S/C25H32N6O2/c1-32-22-12-10-19(11-13-22)24(25-26-27-28-31(25)20-6-3-4-7-20)30-16-14-29(15-17-30)21-8-5-9-23(18-21)33-2/h5,8-13,18,20,24H,3-4,6-7,14-17H2,1-2H3/t24-/m0/s1. The summed E-state index contributed by atoms with van der Waals surface area (Å²) in [7, 11) is 3.41. The van der Waals surface area contributed by atoms with E-state index in [9.17, 15) is 0 Å². The van der Waals surface area contributed by atoms with Crippen LogP contribution in [-0.2, 0) is 0 Å². The van der Waals surface area contributed by atoms with E-state index in [1.165, 1.54) is 24.1 Å². The van der Waals surface area contributed by atoms with E-state index in [1.807, 2.05) is 18.2 Å². The van der Waals surface area contributed by atoms with Crippen LogP contribution in [0.1, 0.15) is 49.2 Å². The van der Waals surface area contributed by atoms with E-state index in [2.05, 4.69) is 60.3 Å². The number of hydrogen-bond acceptors (Lipinski definition) is 7. The quantitative estimate of drug-likeness (QED) is 0.546. The summed E-state index contributed by atoms with van der Waals surface area (Å²) in [6.07, 6.45) is 4.79. The van der Waals surface area contributed by atoms with Gasteiger partial charge in [0.25, 0.3) is 0 Å². The van der Waals surface area contributed by atoms with Crippen molar-refractivity contribution in [2.45, 2.75) is 37.8 Å². The van der Waals surface area contributed by atoms with Gasteiger partial charge in [-0.05, 0) is 53.1 Å². The van der Waals surface area contributed by atoms with Gasteiger partial charge in [-0.1, -0.05) is 31.0 Å². The molecular formula is C25H32N6O2. The highest BCUT2D eigenvalue weighted by Gasteiger charge is 2.33. The van der Waals surface area contributed by atoms with Gasteiger partial charge in [0.05, 0.1) is 26.3 Å². The van der Waals surface area contributed by atoms with Crippen LogP contribution in [0.3, 0.4) is 0 Å². The Hall–Kier alpha value is -3.13. The maximum atomic E-state index is 5.42. The van der Waals surface area contributed by atoms with Crippen LogP contribution in [-0.4, -0.2) is 65.5 Å². The van der Waals surface area contributed by atoms with Gasteiger partial charge in [0.1, 0.15) is 11.5 Å². The maximum Gasteiger partial charge on any atom is 0.173 e. The number of tetrazole rings is 1. The molecule has 0 N–H and O–H groups in total. The van der Waals surface area contributed by atoms with E-state index in [0.717, 1.165) is 56.3 Å². The number of ether oxygens (including phenoxy) is 2. The molecule has 0 bridgehead atoms. The molecule has 0 unspecified atom stereocenters. The zero-order chi connectivity index (χ0) is 22.6. The predicted octanol–water partition coefficient (Wildman–Crippen LogP) is 3.72. The molecule has 1 aromatic heterocycles. The second kappa shape index (κ2) is 9.79. The first-order chi connectivity index (χ1) is 16.3. The van der Waals surface area contributed by atoms with Gasteiger partial charge in [0, 0.05) is 37.9 Å². The Labute approximate surface area is 195 Å². The number of hydrogen-bond donors (Lipinski definition) is 0. The van der Waals surface area contributed by atoms with Crippen molar-refractivity contribution < 1.29 is 9.47 Å². The van der Waals surface area contributed by atoms with Crippen LogP contribution in [0.2, 0.25) is 0 Å². The Kier molecular flexibility index (Phi) is 6.44. The third kappa shape index (κ3) is 4.53. The highest BCUT2D eigenvalue weighted by atomic mass is 16.5. The number of anilines is 1. The smallest absolute Gasteiger partial charge is 0.173 e. The average Bonchev–Trinajstić information content (AvgIpc) is 3.57. The van der Waals surface area contributed by atoms with Crippen LogP contribution in [0, 0.1) is 0 Å². The molecule has 1 saturated heterocycles. The van der Waals surface area contributed by atoms with Crippen molar-refractivity contribution in [3.05, 3.63) is 59.9 Å². The minimum Gasteiger partial charge on any atom is -0.497 e. The number of aromatic nitrogens is 4. The Balaban J connectivity index is 1.41. The highest BCUT2D eigenvalue weighted by Crippen LogP contribution is 2.35. The molecule has 1 aliphatic heterocycles. The summed E-state index contributed by atoms with van der Waals surface area (Å²) in [5.74, 6) is 2.69. The summed E-state index contributed by atoms with van der Waals surface area (Å²) in [5, 5.41) is 13.1. The number of methoxy groups -OCH3 is 2. The normalized spacial score (nSPS) is 18.4. The van der Waals surface area contributed by atoms with E-state index >= 15 is 0 Å². The first-order valence-corrected chi connectivity index (χ1v) is 11.8. The Morgan fingerprint density at radius 1 is 0.879 bits per heavy atom. The fourth-order valence-corrected chi connectivity index (χ4v) is 5.14. The van der Waals surface area contributed by atoms with Crippen molar-refractivity contribution in [3.8, 4) is 11.5 Å². The van der Waals surface area contributed by atoms with E-state index in [4.69, 9.17) is 9.47 Å². The predicted molar refractivity (Wildman–Crippen MR) is 127 cm³/mol. The molecule has 0 amide bonds. The minimum atomic E-state index is 0.0129. The molecule has 5 rings (SSSR count). The molecule has 1 aliphatic carbocycles. The van der Waals surface area contributed by atoms with Gasteiger partial charge in [-0.25, -0.2) is 4.68 Å². The van der Waals surface area contributed by atoms with Gasteiger partial charge < -0.3 is 14.4 Å². The summed E-state index contributed by atoms with van der Waals surface area (Å²) in [4.78, 5) is 4.93. The van der Waals surface area contributed by atoms with E-state index in [-0.39, 0.29) is 6.04 Å². The third-order valence-corrected chi connectivity index (χ3v) is 6.96. The van der Waals surface area contributed by atoms with Crippen molar-refractivity contribution in [1.82, 2.24) is 25.1 Å². The lowest BCUT2D eigenvalue weighted by Gasteiger charge is -2.40. The second-order valence-corrected chi connectivity index (χ2v) is 8.82. The third-order valence-electron chi connectivity index (χ3n) is 6.96. The van der Waals surface area contributed by atoms with Crippen LogP contribution in [0.4, 0.5) is 5.69 Å². The summed E-state index contributed by atoms with van der Waals surface area (Å²) in [6.45, 7) is 3.71. The monoisotopic (exact) mass is 448 g/mol.